The number of hydrogen-bond donors (Lipinski definition) is 7. The number of carboxylic acids is 1. The van der Waals surface area contributed by atoms with Crippen LogP contribution < -0.4 is 27.4 Å². The molecular weight excluding hydrogens is 410 g/mol. The minimum absolute atomic E-state index is 0.110. The van der Waals surface area contributed by atoms with Crippen LogP contribution in [-0.4, -0.2) is 70.6 Å². The van der Waals surface area contributed by atoms with E-state index in [1.807, 2.05) is 0 Å². The summed E-state index contributed by atoms with van der Waals surface area (Å²) < 4.78 is 0. The minimum Gasteiger partial charge on any atom is -0.480 e. The summed E-state index contributed by atoms with van der Waals surface area (Å²) in [6.45, 7) is 6.07. The third-order valence-electron chi connectivity index (χ3n) is 4.92. The molecule has 0 aliphatic carbocycles. The van der Waals surface area contributed by atoms with Crippen molar-refractivity contribution in [2.75, 3.05) is 6.61 Å². The molecule has 0 rings (SSSR count). The number of carbonyl (C=O) groups excluding carboxylic acids is 4. The van der Waals surface area contributed by atoms with E-state index >= 15 is 0 Å². The Morgan fingerprint density at radius 3 is 1.87 bits per heavy atom. The van der Waals surface area contributed by atoms with E-state index in [-0.39, 0.29) is 18.8 Å². The molecule has 0 radical (unpaired) electrons. The quantitative estimate of drug-likeness (QED) is 0.155. The van der Waals surface area contributed by atoms with Gasteiger partial charge in [0.05, 0.1) is 12.6 Å². The van der Waals surface area contributed by atoms with E-state index in [0.717, 1.165) is 0 Å². The van der Waals surface area contributed by atoms with E-state index < -0.39 is 66.3 Å². The van der Waals surface area contributed by atoms with Crippen LogP contribution in [0.25, 0.3) is 0 Å². The summed E-state index contributed by atoms with van der Waals surface area (Å²) in [5.41, 5.74) is 10.9. The zero-order chi connectivity index (χ0) is 24.3. The Bertz CT molecular complexity index is 656. The smallest absolute Gasteiger partial charge is 0.328 e. The van der Waals surface area contributed by atoms with Crippen molar-refractivity contribution in [2.45, 2.75) is 71.1 Å². The summed E-state index contributed by atoms with van der Waals surface area (Å²) in [4.78, 5) is 60.0. The number of aliphatic hydroxyl groups is 1. The van der Waals surface area contributed by atoms with Gasteiger partial charge in [0.25, 0.3) is 0 Å². The fourth-order valence-corrected chi connectivity index (χ4v) is 2.53. The first-order valence-corrected chi connectivity index (χ1v) is 10.1. The zero-order valence-corrected chi connectivity index (χ0v) is 18.4. The highest BCUT2D eigenvalue weighted by Gasteiger charge is 2.32. The van der Waals surface area contributed by atoms with Crippen LogP contribution in [0.5, 0.6) is 0 Å². The van der Waals surface area contributed by atoms with Gasteiger partial charge in [-0.05, 0) is 18.3 Å². The zero-order valence-electron chi connectivity index (χ0n) is 18.4. The van der Waals surface area contributed by atoms with E-state index in [4.69, 9.17) is 21.7 Å². The van der Waals surface area contributed by atoms with Gasteiger partial charge >= 0.3 is 5.97 Å². The summed E-state index contributed by atoms with van der Waals surface area (Å²) in [6, 6.07) is -4.75. The molecule has 0 saturated heterocycles. The fourth-order valence-electron chi connectivity index (χ4n) is 2.53. The first-order chi connectivity index (χ1) is 14.3. The Labute approximate surface area is 181 Å². The first kappa shape index (κ1) is 28.3. The predicted molar refractivity (Wildman–Crippen MR) is 111 cm³/mol. The van der Waals surface area contributed by atoms with Crippen LogP contribution in [0.2, 0.25) is 0 Å². The molecule has 4 amide bonds. The maximum atomic E-state index is 12.8. The standard InChI is InChI=1S/C19H35N5O7/c1-5-10(4)15(18(29)23-12(8-25)19(30)31)24-16(27)11(6-7-13(20)26)22-17(28)14(21)9(2)3/h9-12,14-15,25H,5-8,21H2,1-4H3,(H2,20,26)(H,22,28)(H,23,29)(H,24,27)(H,30,31). The molecular formula is C19H35N5O7. The van der Waals surface area contributed by atoms with Crippen molar-refractivity contribution in [3.05, 3.63) is 0 Å². The molecule has 0 aliphatic rings. The van der Waals surface area contributed by atoms with E-state index in [1.165, 1.54) is 0 Å². The molecule has 5 unspecified atom stereocenters. The highest BCUT2D eigenvalue weighted by molar-refractivity contribution is 5.94. The first-order valence-electron chi connectivity index (χ1n) is 10.1. The summed E-state index contributed by atoms with van der Waals surface area (Å²) >= 11 is 0. The van der Waals surface area contributed by atoms with Crippen molar-refractivity contribution in [1.82, 2.24) is 16.0 Å². The van der Waals surface area contributed by atoms with Crippen LogP contribution in [0.1, 0.15) is 47.0 Å². The molecule has 12 heteroatoms. The number of nitrogens with two attached hydrogens (primary N) is 2. The molecule has 9 N–H and O–H groups in total. The van der Waals surface area contributed by atoms with Gasteiger partial charge in [-0.1, -0.05) is 34.1 Å². The fraction of sp³-hybridized carbons (Fsp3) is 0.737. The van der Waals surface area contributed by atoms with Crippen LogP contribution in [0.15, 0.2) is 0 Å². The molecule has 12 nitrogen and oxygen atoms in total. The number of rotatable bonds is 14. The van der Waals surface area contributed by atoms with Crippen molar-refractivity contribution in [3.8, 4) is 0 Å². The number of carbonyl (C=O) groups is 5. The van der Waals surface area contributed by atoms with Gasteiger partial charge in [-0.3, -0.25) is 19.2 Å². The minimum atomic E-state index is -1.54. The Morgan fingerprint density at radius 1 is 0.903 bits per heavy atom. The number of nitrogens with one attached hydrogen (secondary N) is 3. The van der Waals surface area contributed by atoms with Crippen LogP contribution >= 0.6 is 0 Å². The monoisotopic (exact) mass is 445 g/mol. The average Bonchev–Trinajstić information content (AvgIpc) is 2.70. The molecule has 5 atom stereocenters. The summed E-state index contributed by atoms with van der Waals surface area (Å²) in [5, 5.41) is 25.3. The molecule has 0 spiro atoms. The molecule has 178 valence electrons. The maximum absolute atomic E-state index is 12.8. The highest BCUT2D eigenvalue weighted by atomic mass is 16.4. The Balaban J connectivity index is 5.54. The third-order valence-corrected chi connectivity index (χ3v) is 4.92. The lowest BCUT2D eigenvalue weighted by Crippen LogP contribution is -2.59. The molecule has 0 aromatic carbocycles. The second-order valence-corrected chi connectivity index (χ2v) is 7.79. The number of carboxylic acid groups (broad SMARTS) is 1. The number of aliphatic hydroxyl groups excluding tert-OH is 1. The Kier molecular flexibility index (Phi) is 12.4. The van der Waals surface area contributed by atoms with Gasteiger partial charge in [0.15, 0.2) is 0 Å². The van der Waals surface area contributed by atoms with Crippen LogP contribution in [0.3, 0.4) is 0 Å². The topological polar surface area (TPSA) is 214 Å². The van der Waals surface area contributed by atoms with Crippen molar-refractivity contribution in [2.24, 2.45) is 23.3 Å². The molecule has 0 aromatic heterocycles. The molecule has 0 fully saturated rings. The van der Waals surface area contributed by atoms with Gasteiger partial charge < -0.3 is 37.6 Å². The van der Waals surface area contributed by atoms with Crippen LogP contribution in [0.4, 0.5) is 0 Å². The number of amides is 4. The molecule has 0 aliphatic heterocycles. The van der Waals surface area contributed by atoms with Crippen LogP contribution in [-0.2, 0) is 24.0 Å². The SMILES string of the molecule is CCC(C)C(NC(=O)C(CCC(N)=O)NC(=O)C(N)C(C)C)C(=O)NC(CO)C(=O)O. The second-order valence-electron chi connectivity index (χ2n) is 7.79. The lowest BCUT2D eigenvalue weighted by molar-refractivity contribution is -0.143. The summed E-state index contributed by atoms with van der Waals surface area (Å²) in [7, 11) is 0. The van der Waals surface area contributed by atoms with E-state index in [1.54, 1.807) is 27.7 Å². The lowest BCUT2D eigenvalue weighted by Gasteiger charge is -2.28. The van der Waals surface area contributed by atoms with Crippen molar-refractivity contribution in [3.63, 3.8) is 0 Å². The normalized spacial score (nSPS) is 15.8. The van der Waals surface area contributed by atoms with Gasteiger partial charge in [-0.25, -0.2) is 4.79 Å². The predicted octanol–water partition coefficient (Wildman–Crippen LogP) is -2.19. The van der Waals surface area contributed by atoms with Crippen molar-refractivity contribution in [1.29, 1.82) is 0 Å². The average molecular weight is 446 g/mol. The lowest BCUT2D eigenvalue weighted by atomic mass is 9.97. The molecule has 31 heavy (non-hydrogen) atoms. The van der Waals surface area contributed by atoms with Gasteiger partial charge in [-0.15, -0.1) is 0 Å². The summed E-state index contributed by atoms with van der Waals surface area (Å²) in [5.74, 6) is -4.87. The van der Waals surface area contributed by atoms with Gasteiger partial charge in [0, 0.05) is 6.42 Å². The summed E-state index contributed by atoms with van der Waals surface area (Å²) in [6.07, 6.45) is 0.161. The van der Waals surface area contributed by atoms with Gasteiger partial charge in [-0.2, -0.15) is 0 Å². The second kappa shape index (κ2) is 13.5. The molecule has 0 aromatic rings. The van der Waals surface area contributed by atoms with Crippen molar-refractivity contribution >= 4 is 29.6 Å². The van der Waals surface area contributed by atoms with E-state index in [9.17, 15) is 24.0 Å². The van der Waals surface area contributed by atoms with Crippen molar-refractivity contribution < 1.29 is 34.2 Å². The van der Waals surface area contributed by atoms with Crippen LogP contribution in [0, 0.1) is 11.8 Å². The van der Waals surface area contributed by atoms with E-state index in [2.05, 4.69) is 16.0 Å². The maximum Gasteiger partial charge on any atom is 0.328 e. The number of aliphatic carboxylic acids is 1. The number of hydrogen-bond acceptors (Lipinski definition) is 7. The molecule has 0 bridgehead atoms. The largest absolute Gasteiger partial charge is 0.480 e. The number of primary amides is 1. The van der Waals surface area contributed by atoms with E-state index in [0.29, 0.717) is 6.42 Å². The third kappa shape index (κ3) is 9.75. The van der Waals surface area contributed by atoms with Gasteiger partial charge in [0.2, 0.25) is 23.6 Å². The highest BCUT2D eigenvalue weighted by Crippen LogP contribution is 2.10. The Morgan fingerprint density at radius 2 is 1.45 bits per heavy atom. The molecule has 0 heterocycles. The molecule has 0 saturated carbocycles. The van der Waals surface area contributed by atoms with Gasteiger partial charge in [0.1, 0.15) is 18.1 Å². The Hall–Kier alpha value is -2.73.